The van der Waals surface area contributed by atoms with Gasteiger partial charge in [0.15, 0.2) is 0 Å². The number of rotatable bonds is 5. The van der Waals surface area contributed by atoms with Crippen molar-refractivity contribution >= 4 is 11.8 Å². The third-order valence-corrected chi connectivity index (χ3v) is 2.42. The van der Waals surface area contributed by atoms with Crippen LogP contribution in [0.1, 0.15) is 5.56 Å². The highest BCUT2D eigenvalue weighted by Crippen LogP contribution is 2.12. The molecule has 19 heavy (non-hydrogen) atoms. The summed E-state index contributed by atoms with van der Waals surface area (Å²) in [5.41, 5.74) is 1.69. The van der Waals surface area contributed by atoms with Gasteiger partial charge in [0.25, 0.3) is 0 Å². The van der Waals surface area contributed by atoms with Crippen molar-refractivity contribution in [2.24, 2.45) is 0 Å². The molecule has 0 spiro atoms. The topological polar surface area (TPSA) is 76.4 Å². The van der Waals surface area contributed by atoms with Gasteiger partial charge in [-0.05, 0) is 17.7 Å². The summed E-state index contributed by atoms with van der Waals surface area (Å²) in [6.07, 6.45) is 4.74. The van der Waals surface area contributed by atoms with Crippen molar-refractivity contribution in [2.45, 2.75) is 6.54 Å². The van der Waals surface area contributed by atoms with E-state index in [4.69, 9.17) is 9.84 Å². The summed E-state index contributed by atoms with van der Waals surface area (Å²) in [5, 5.41) is 11.2. The predicted octanol–water partition coefficient (Wildman–Crippen LogP) is 1.47. The number of hydrogen-bond acceptors (Lipinski definition) is 4. The van der Waals surface area contributed by atoms with Gasteiger partial charge < -0.3 is 14.4 Å². The number of nitrogens with one attached hydrogen (secondary N) is 1. The number of nitrogens with zero attached hydrogens (tertiary/aromatic N) is 2. The van der Waals surface area contributed by atoms with Crippen LogP contribution >= 0.6 is 0 Å². The van der Waals surface area contributed by atoms with Gasteiger partial charge in [0.1, 0.15) is 6.61 Å². The Balaban J connectivity index is 1.97. The summed E-state index contributed by atoms with van der Waals surface area (Å²) < 4.78 is 6.66. The van der Waals surface area contributed by atoms with Crippen molar-refractivity contribution in [1.29, 1.82) is 0 Å². The molecule has 0 radical (unpaired) electrons. The Morgan fingerprint density at radius 2 is 2.37 bits per heavy atom. The molecule has 6 nitrogen and oxygen atoms in total. The average molecular weight is 261 g/mol. The maximum absolute atomic E-state index is 11.3. The highest BCUT2D eigenvalue weighted by atomic mass is 16.6. The van der Waals surface area contributed by atoms with Crippen molar-refractivity contribution < 1.29 is 14.6 Å². The van der Waals surface area contributed by atoms with Gasteiger partial charge in [0.2, 0.25) is 0 Å². The monoisotopic (exact) mass is 261 g/mol. The molecular formula is C13H15N3O3. The number of amides is 1. The second kappa shape index (κ2) is 6.55. The van der Waals surface area contributed by atoms with E-state index in [1.165, 1.54) is 0 Å². The fraction of sp³-hybridized carbons (Fsp3) is 0.231. The smallest absolute Gasteiger partial charge is 0.411 e. The number of carbonyl (C=O) groups is 1. The quantitative estimate of drug-likeness (QED) is 0.854. The number of benzene rings is 1. The maximum atomic E-state index is 11.3. The second-order valence-electron chi connectivity index (χ2n) is 3.92. The van der Waals surface area contributed by atoms with E-state index in [1.807, 2.05) is 29.0 Å². The molecule has 1 aromatic heterocycles. The standard InChI is InChI=1S/C13H15N3O3/c17-6-7-19-13(18)15-12-3-1-2-11(8-12)9-16-5-4-14-10-16/h1-5,8,10,17H,6-7,9H2,(H,15,18). The molecule has 1 heterocycles. The van der Waals surface area contributed by atoms with Crippen LogP contribution in [0.2, 0.25) is 0 Å². The lowest BCUT2D eigenvalue weighted by Crippen LogP contribution is -2.15. The van der Waals surface area contributed by atoms with Gasteiger partial charge in [-0.3, -0.25) is 5.32 Å². The lowest BCUT2D eigenvalue weighted by Gasteiger charge is -2.08. The summed E-state index contributed by atoms with van der Waals surface area (Å²) in [6, 6.07) is 7.45. The molecule has 0 unspecified atom stereocenters. The van der Waals surface area contributed by atoms with Crippen LogP contribution in [0.3, 0.4) is 0 Å². The van der Waals surface area contributed by atoms with Crippen molar-refractivity contribution in [1.82, 2.24) is 9.55 Å². The van der Waals surface area contributed by atoms with Crippen LogP contribution in [0.25, 0.3) is 0 Å². The van der Waals surface area contributed by atoms with E-state index in [2.05, 4.69) is 10.3 Å². The molecule has 100 valence electrons. The van der Waals surface area contributed by atoms with Crippen LogP contribution < -0.4 is 5.32 Å². The molecule has 0 atom stereocenters. The van der Waals surface area contributed by atoms with Crippen molar-refractivity contribution in [3.8, 4) is 0 Å². The van der Waals surface area contributed by atoms with Gasteiger partial charge >= 0.3 is 6.09 Å². The molecule has 0 aliphatic carbocycles. The van der Waals surface area contributed by atoms with Gasteiger partial charge in [-0.25, -0.2) is 9.78 Å². The van der Waals surface area contributed by atoms with Gasteiger partial charge in [-0.1, -0.05) is 12.1 Å². The van der Waals surface area contributed by atoms with E-state index in [1.54, 1.807) is 18.6 Å². The van der Waals surface area contributed by atoms with Gasteiger partial charge in [0.05, 0.1) is 12.9 Å². The minimum absolute atomic E-state index is 0.0133. The van der Waals surface area contributed by atoms with Gasteiger partial charge in [-0.15, -0.1) is 0 Å². The molecule has 1 amide bonds. The number of aromatic nitrogens is 2. The van der Waals surface area contributed by atoms with Crippen LogP contribution in [0.15, 0.2) is 43.0 Å². The van der Waals surface area contributed by atoms with E-state index in [0.29, 0.717) is 12.2 Å². The molecule has 0 saturated heterocycles. The lowest BCUT2D eigenvalue weighted by atomic mass is 10.2. The zero-order chi connectivity index (χ0) is 13.5. The zero-order valence-corrected chi connectivity index (χ0v) is 10.3. The highest BCUT2D eigenvalue weighted by Gasteiger charge is 2.03. The average Bonchev–Trinajstić information content (AvgIpc) is 2.89. The summed E-state index contributed by atoms with van der Waals surface area (Å²) in [6.45, 7) is 0.482. The van der Waals surface area contributed by atoms with E-state index in [0.717, 1.165) is 5.56 Å². The first-order chi connectivity index (χ1) is 9.28. The summed E-state index contributed by atoms with van der Waals surface area (Å²) in [7, 11) is 0. The Bertz CT molecular complexity index is 526. The number of hydrogen-bond donors (Lipinski definition) is 2. The summed E-state index contributed by atoms with van der Waals surface area (Å²) >= 11 is 0. The lowest BCUT2D eigenvalue weighted by molar-refractivity contribution is 0.131. The van der Waals surface area contributed by atoms with Crippen LogP contribution in [-0.4, -0.2) is 34.0 Å². The number of imidazole rings is 1. The Labute approximate surface area is 110 Å². The maximum Gasteiger partial charge on any atom is 0.411 e. The summed E-state index contributed by atoms with van der Waals surface area (Å²) in [4.78, 5) is 15.3. The van der Waals surface area contributed by atoms with E-state index >= 15 is 0 Å². The number of carbonyl (C=O) groups excluding carboxylic acids is 1. The normalized spacial score (nSPS) is 10.2. The van der Waals surface area contributed by atoms with Crippen molar-refractivity contribution in [3.63, 3.8) is 0 Å². The second-order valence-corrected chi connectivity index (χ2v) is 3.92. The number of anilines is 1. The van der Waals surface area contributed by atoms with E-state index in [-0.39, 0.29) is 13.2 Å². The van der Waals surface area contributed by atoms with Gasteiger partial charge in [0, 0.05) is 24.6 Å². The van der Waals surface area contributed by atoms with Crippen LogP contribution in [0.4, 0.5) is 10.5 Å². The summed E-state index contributed by atoms with van der Waals surface area (Å²) in [5.74, 6) is 0. The Morgan fingerprint density at radius 3 is 3.11 bits per heavy atom. The third kappa shape index (κ3) is 4.11. The molecule has 0 fully saturated rings. The van der Waals surface area contributed by atoms with Crippen LogP contribution in [0.5, 0.6) is 0 Å². The van der Waals surface area contributed by atoms with Gasteiger partial charge in [-0.2, -0.15) is 0 Å². The van der Waals surface area contributed by atoms with Crippen LogP contribution in [-0.2, 0) is 11.3 Å². The Hall–Kier alpha value is -2.34. The molecule has 1 aromatic carbocycles. The molecule has 0 saturated carbocycles. The molecule has 2 aromatic rings. The van der Waals surface area contributed by atoms with E-state index in [9.17, 15) is 4.79 Å². The van der Waals surface area contributed by atoms with Crippen molar-refractivity contribution in [2.75, 3.05) is 18.5 Å². The third-order valence-electron chi connectivity index (χ3n) is 2.42. The molecule has 6 heteroatoms. The van der Waals surface area contributed by atoms with Crippen LogP contribution in [0, 0.1) is 0 Å². The molecule has 0 bridgehead atoms. The minimum atomic E-state index is -0.575. The fourth-order valence-corrected chi connectivity index (χ4v) is 1.63. The zero-order valence-electron chi connectivity index (χ0n) is 10.3. The first kappa shape index (κ1) is 13.1. The number of ether oxygens (including phenoxy) is 1. The first-order valence-corrected chi connectivity index (χ1v) is 5.87. The molecule has 0 aliphatic heterocycles. The Morgan fingerprint density at radius 1 is 1.47 bits per heavy atom. The molecular weight excluding hydrogens is 246 g/mol. The molecule has 0 aliphatic rings. The first-order valence-electron chi connectivity index (χ1n) is 5.87. The highest BCUT2D eigenvalue weighted by molar-refractivity contribution is 5.84. The molecule has 2 N–H and O–H groups in total. The SMILES string of the molecule is O=C(Nc1cccc(Cn2ccnc2)c1)OCCO. The number of aliphatic hydroxyl groups excluding tert-OH is 1. The Kier molecular flexibility index (Phi) is 4.52. The predicted molar refractivity (Wildman–Crippen MR) is 69.8 cm³/mol. The number of aliphatic hydroxyl groups is 1. The minimum Gasteiger partial charge on any atom is -0.447 e. The fourth-order valence-electron chi connectivity index (χ4n) is 1.63. The molecule has 2 rings (SSSR count). The van der Waals surface area contributed by atoms with Crippen molar-refractivity contribution in [3.05, 3.63) is 48.5 Å². The van der Waals surface area contributed by atoms with E-state index < -0.39 is 6.09 Å². The largest absolute Gasteiger partial charge is 0.447 e.